The van der Waals surface area contributed by atoms with Crippen LogP contribution in [0, 0.1) is 5.92 Å². The van der Waals surface area contributed by atoms with Gasteiger partial charge >= 0.3 is 0 Å². The average Bonchev–Trinajstić information content (AvgIpc) is 2.95. The summed E-state index contributed by atoms with van der Waals surface area (Å²) in [6.07, 6.45) is 6.83. The molecule has 3 atom stereocenters. The number of fused-ring (bicyclic) bond motifs is 1. The maximum Gasteiger partial charge on any atom is 0.220 e. The Morgan fingerprint density at radius 1 is 1.24 bits per heavy atom. The van der Waals surface area contributed by atoms with Gasteiger partial charge in [-0.3, -0.25) is 9.69 Å². The second-order valence-electron chi connectivity index (χ2n) is 7.82. The van der Waals surface area contributed by atoms with Crippen LogP contribution in [0.4, 0.5) is 0 Å². The Balaban J connectivity index is 1.26. The molecule has 1 N–H and O–H groups in total. The second kappa shape index (κ2) is 7.65. The van der Waals surface area contributed by atoms with Crippen molar-refractivity contribution >= 4 is 17.5 Å². The molecule has 3 fully saturated rings. The summed E-state index contributed by atoms with van der Waals surface area (Å²) in [6, 6.07) is 8.63. The summed E-state index contributed by atoms with van der Waals surface area (Å²) in [4.78, 5) is 14.7. The van der Waals surface area contributed by atoms with Crippen LogP contribution in [0.25, 0.3) is 0 Å². The Hall–Kier alpha value is -1.10. The topological polar surface area (TPSA) is 41.6 Å². The molecular formula is C20H27ClN2O2. The van der Waals surface area contributed by atoms with Gasteiger partial charge in [-0.25, -0.2) is 0 Å². The Labute approximate surface area is 154 Å². The van der Waals surface area contributed by atoms with Gasteiger partial charge in [-0.2, -0.15) is 0 Å². The number of morpholine rings is 1. The first kappa shape index (κ1) is 17.3. The van der Waals surface area contributed by atoms with Crippen molar-refractivity contribution in [3.8, 4) is 0 Å². The Bertz CT molecular complexity index is 602. The molecule has 2 aliphatic heterocycles. The first-order chi connectivity index (χ1) is 12.2. The van der Waals surface area contributed by atoms with E-state index in [-0.39, 0.29) is 18.1 Å². The summed E-state index contributed by atoms with van der Waals surface area (Å²) in [7, 11) is 0. The van der Waals surface area contributed by atoms with Crippen molar-refractivity contribution in [1.29, 1.82) is 0 Å². The number of nitrogens with one attached hydrogen (secondary N) is 1. The SMILES string of the molecule is O=C(CCC1CCC1)N[C@@H]1C[C@H]2CO[C@@H](c3ccc(Cl)cc3)CN2C1. The number of nitrogens with zero attached hydrogens (tertiary/aromatic N) is 1. The number of hydrogen-bond donors (Lipinski definition) is 1. The first-order valence-electron chi connectivity index (χ1n) is 9.58. The Kier molecular flexibility index (Phi) is 5.30. The van der Waals surface area contributed by atoms with Crippen molar-refractivity contribution in [2.75, 3.05) is 19.7 Å². The Morgan fingerprint density at radius 3 is 2.76 bits per heavy atom. The monoisotopic (exact) mass is 362 g/mol. The van der Waals surface area contributed by atoms with Crippen LogP contribution < -0.4 is 5.32 Å². The largest absolute Gasteiger partial charge is 0.371 e. The number of hydrogen-bond acceptors (Lipinski definition) is 3. The van der Waals surface area contributed by atoms with Crippen LogP contribution in [0.3, 0.4) is 0 Å². The highest BCUT2D eigenvalue weighted by molar-refractivity contribution is 6.30. The summed E-state index contributed by atoms with van der Waals surface area (Å²) in [6.45, 7) is 2.57. The summed E-state index contributed by atoms with van der Waals surface area (Å²) in [5, 5.41) is 4.00. The second-order valence-corrected chi connectivity index (χ2v) is 8.25. The lowest BCUT2D eigenvalue weighted by Crippen LogP contribution is -2.43. The summed E-state index contributed by atoms with van der Waals surface area (Å²) < 4.78 is 6.07. The zero-order chi connectivity index (χ0) is 17.2. The molecule has 136 valence electrons. The van der Waals surface area contributed by atoms with Gasteiger partial charge in [0, 0.05) is 36.6 Å². The third kappa shape index (κ3) is 4.18. The molecule has 0 bridgehead atoms. The van der Waals surface area contributed by atoms with Crippen molar-refractivity contribution in [3.63, 3.8) is 0 Å². The molecule has 0 aromatic heterocycles. The van der Waals surface area contributed by atoms with Crippen molar-refractivity contribution in [2.24, 2.45) is 5.92 Å². The minimum atomic E-state index is 0.0987. The Morgan fingerprint density at radius 2 is 2.04 bits per heavy atom. The van der Waals surface area contributed by atoms with Crippen LogP contribution in [0.5, 0.6) is 0 Å². The molecule has 1 saturated carbocycles. The van der Waals surface area contributed by atoms with Crippen molar-refractivity contribution in [2.45, 2.75) is 56.7 Å². The molecule has 0 radical (unpaired) electrons. The van der Waals surface area contributed by atoms with Gasteiger partial charge < -0.3 is 10.1 Å². The molecule has 5 heteroatoms. The van der Waals surface area contributed by atoms with Gasteiger partial charge in [0.2, 0.25) is 5.91 Å². The van der Waals surface area contributed by atoms with E-state index in [1.165, 1.54) is 24.8 Å². The first-order valence-corrected chi connectivity index (χ1v) is 9.95. The van der Waals surface area contributed by atoms with Crippen molar-refractivity contribution < 1.29 is 9.53 Å². The van der Waals surface area contributed by atoms with Crippen LogP contribution in [0.15, 0.2) is 24.3 Å². The van der Waals surface area contributed by atoms with E-state index in [2.05, 4.69) is 10.2 Å². The number of rotatable bonds is 5. The summed E-state index contributed by atoms with van der Waals surface area (Å²) in [5.41, 5.74) is 1.18. The van der Waals surface area contributed by atoms with Gasteiger partial charge in [0.1, 0.15) is 0 Å². The normalized spacial score (nSPS) is 29.9. The van der Waals surface area contributed by atoms with Crippen molar-refractivity contribution in [3.05, 3.63) is 34.9 Å². The maximum atomic E-state index is 12.2. The van der Waals surface area contributed by atoms with Gasteiger partial charge in [-0.05, 0) is 36.5 Å². The molecule has 0 unspecified atom stereocenters. The number of ether oxygens (including phenoxy) is 1. The fraction of sp³-hybridized carbons (Fsp3) is 0.650. The van der Waals surface area contributed by atoms with Crippen LogP contribution in [-0.2, 0) is 9.53 Å². The maximum absolute atomic E-state index is 12.2. The highest BCUT2D eigenvalue weighted by atomic mass is 35.5. The predicted octanol–water partition coefficient (Wildman–Crippen LogP) is 3.55. The highest BCUT2D eigenvalue weighted by Gasteiger charge is 2.38. The van der Waals surface area contributed by atoms with Crippen LogP contribution in [0.1, 0.15) is 50.2 Å². The third-order valence-corrected chi connectivity index (χ3v) is 6.28. The summed E-state index contributed by atoms with van der Waals surface area (Å²) >= 11 is 5.97. The zero-order valence-electron chi connectivity index (χ0n) is 14.6. The molecule has 1 amide bonds. The fourth-order valence-corrected chi connectivity index (χ4v) is 4.40. The standard InChI is InChI=1S/C20H27ClN2O2/c21-16-7-5-15(6-8-16)19-12-23-11-17(10-18(23)13-25-19)22-20(24)9-4-14-2-1-3-14/h5-8,14,17-19H,1-4,9-13H2,(H,22,24)/t17-,18+,19-/m1/s1. The van der Waals surface area contributed by atoms with Gasteiger partial charge in [0.05, 0.1) is 12.7 Å². The minimum absolute atomic E-state index is 0.0987. The lowest BCUT2D eigenvalue weighted by atomic mass is 9.82. The average molecular weight is 363 g/mol. The number of carbonyl (C=O) groups excluding carboxylic acids is 1. The number of amides is 1. The molecule has 0 spiro atoms. The van der Waals surface area contributed by atoms with Crippen molar-refractivity contribution in [1.82, 2.24) is 10.2 Å². The van der Waals surface area contributed by atoms with E-state index in [9.17, 15) is 4.79 Å². The molecule has 1 aromatic rings. The highest BCUT2D eigenvalue weighted by Crippen LogP contribution is 2.32. The molecule has 1 aliphatic carbocycles. The van der Waals surface area contributed by atoms with Gasteiger partial charge in [0.15, 0.2) is 0 Å². The zero-order valence-corrected chi connectivity index (χ0v) is 15.4. The van der Waals surface area contributed by atoms with E-state index < -0.39 is 0 Å². The minimum Gasteiger partial charge on any atom is -0.371 e. The fourth-order valence-electron chi connectivity index (χ4n) is 4.27. The predicted molar refractivity (Wildman–Crippen MR) is 98.6 cm³/mol. The lowest BCUT2D eigenvalue weighted by molar-refractivity contribution is -0.122. The van der Waals surface area contributed by atoms with E-state index >= 15 is 0 Å². The molecule has 2 heterocycles. The quantitative estimate of drug-likeness (QED) is 0.870. The van der Waals surface area contributed by atoms with Crippen LogP contribution >= 0.6 is 11.6 Å². The third-order valence-electron chi connectivity index (χ3n) is 6.03. The number of benzene rings is 1. The molecule has 3 aliphatic rings. The molecule has 1 aromatic carbocycles. The smallest absolute Gasteiger partial charge is 0.220 e. The molecular weight excluding hydrogens is 336 g/mol. The molecule has 4 nitrogen and oxygen atoms in total. The van der Waals surface area contributed by atoms with E-state index in [0.717, 1.165) is 43.5 Å². The van der Waals surface area contributed by atoms with Gasteiger partial charge in [-0.15, -0.1) is 0 Å². The van der Waals surface area contributed by atoms with E-state index in [4.69, 9.17) is 16.3 Å². The van der Waals surface area contributed by atoms with Gasteiger partial charge in [-0.1, -0.05) is 43.0 Å². The van der Waals surface area contributed by atoms with E-state index in [0.29, 0.717) is 12.5 Å². The lowest BCUT2D eigenvalue weighted by Gasteiger charge is -2.35. The number of halogens is 1. The number of carbonyl (C=O) groups is 1. The van der Waals surface area contributed by atoms with Gasteiger partial charge in [0.25, 0.3) is 0 Å². The molecule has 25 heavy (non-hydrogen) atoms. The molecule has 4 rings (SSSR count). The van der Waals surface area contributed by atoms with Crippen LogP contribution in [0.2, 0.25) is 5.02 Å². The summed E-state index contributed by atoms with van der Waals surface area (Å²) in [5.74, 6) is 1.03. The van der Waals surface area contributed by atoms with E-state index in [1.807, 2.05) is 24.3 Å². The molecule has 2 saturated heterocycles. The van der Waals surface area contributed by atoms with Crippen LogP contribution in [-0.4, -0.2) is 42.6 Å². The van der Waals surface area contributed by atoms with E-state index in [1.54, 1.807) is 0 Å².